The summed E-state index contributed by atoms with van der Waals surface area (Å²) in [6.07, 6.45) is 5.12. The largest absolute Gasteiger partial charge is 0.493 e. The first-order valence-electron chi connectivity index (χ1n) is 8.90. The molecule has 1 aromatic heterocycles. The van der Waals surface area contributed by atoms with Gasteiger partial charge in [0.1, 0.15) is 0 Å². The lowest BCUT2D eigenvalue weighted by atomic mass is 9.78. The third-order valence-corrected chi connectivity index (χ3v) is 5.57. The molecule has 0 unspecified atom stereocenters. The van der Waals surface area contributed by atoms with Crippen LogP contribution in [0.15, 0.2) is 36.5 Å². The Morgan fingerprint density at radius 3 is 2.54 bits per heavy atom. The van der Waals surface area contributed by atoms with Gasteiger partial charge < -0.3 is 15.0 Å². The number of likely N-dealkylation sites (tertiary alicyclic amines) is 1. The number of nitrogens with zero attached hydrogens (tertiary/aromatic N) is 3. The van der Waals surface area contributed by atoms with Crippen molar-refractivity contribution in [2.24, 2.45) is 5.41 Å². The van der Waals surface area contributed by atoms with Crippen LogP contribution in [0, 0.1) is 5.41 Å². The summed E-state index contributed by atoms with van der Waals surface area (Å²) in [5.74, 6) is 0.490. The van der Waals surface area contributed by atoms with E-state index in [-0.39, 0.29) is 18.3 Å². The molecule has 0 atom stereocenters. The number of aromatic nitrogens is 2. The van der Waals surface area contributed by atoms with Crippen molar-refractivity contribution in [3.63, 3.8) is 0 Å². The number of para-hydroxylation sites is 1. The van der Waals surface area contributed by atoms with Gasteiger partial charge in [-0.3, -0.25) is 4.79 Å². The number of nitrogens with one attached hydrogen (secondary N) is 1. The van der Waals surface area contributed by atoms with Crippen molar-refractivity contribution in [1.82, 2.24) is 20.0 Å². The molecule has 6 nitrogen and oxygen atoms in total. The monoisotopic (exact) mass is 376 g/mol. The molecular formula is C19H25ClN4O2. The molecule has 140 valence electrons. The number of carbonyl (C=O) groups is 1. The zero-order chi connectivity index (χ0) is 17.3. The van der Waals surface area contributed by atoms with Gasteiger partial charge in [-0.15, -0.1) is 12.4 Å². The molecular weight excluding hydrogens is 352 g/mol. The lowest BCUT2D eigenvalue weighted by Crippen LogP contribution is -2.44. The number of halogens is 1. The van der Waals surface area contributed by atoms with Gasteiger partial charge in [-0.25, -0.2) is 4.68 Å². The molecule has 0 saturated carbocycles. The average Bonchev–Trinajstić information content (AvgIpc) is 3.30. The maximum Gasteiger partial charge on any atom is 0.278 e. The van der Waals surface area contributed by atoms with Crippen LogP contribution >= 0.6 is 12.4 Å². The van der Waals surface area contributed by atoms with E-state index in [2.05, 4.69) is 10.4 Å². The number of piperidine rings is 1. The maximum atomic E-state index is 13.0. The normalized spacial score (nSPS) is 18.6. The third kappa shape index (κ3) is 3.44. The summed E-state index contributed by atoms with van der Waals surface area (Å²) in [7, 11) is 1.58. The van der Waals surface area contributed by atoms with Gasteiger partial charge >= 0.3 is 0 Å². The van der Waals surface area contributed by atoms with Crippen molar-refractivity contribution in [1.29, 1.82) is 0 Å². The number of carbonyl (C=O) groups excluding carboxylic acids is 1. The second kappa shape index (κ2) is 7.68. The third-order valence-electron chi connectivity index (χ3n) is 5.57. The van der Waals surface area contributed by atoms with E-state index in [0.717, 1.165) is 44.7 Å². The molecule has 26 heavy (non-hydrogen) atoms. The fourth-order valence-corrected chi connectivity index (χ4v) is 3.92. The number of hydrogen-bond acceptors (Lipinski definition) is 4. The Bertz CT molecular complexity index is 746. The second-order valence-corrected chi connectivity index (χ2v) is 7.05. The van der Waals surface area contributed by atoms with E-state index in [0.29, 0.717) is 16.9 Å². The first-order valence-corrected chi connectivity index (χ1v) is 8.90. The van der Waals surface area contributed by atoms with E-state index in [1.807, 2.05) is 35.2 Å². The Morgan fingerprint density at radius 1 is 1.19 bits per heavy atom. The summed E-state index contributed by atoms with van der Waals surface area (Å²) in [6, 6.07) is 9.77. The molecule has 0 bridgehead atoms. The van der Waals surface area contributed by atoms with Crippen LogP contribution in [-0.4, -0.2) is 53.9 Å². The highest BCUT2D eigenvalue weighted by atomic mass is 35.5. The van der Waals surface area contributed by atoms with Crippen LogP contribution in [0.2, 0.25) is 0 Å². The molecule has 1 amide bonds. The number of ether oxygens (including phenoxy) is 1. The Morgan fingerprint density at radius 2 is 1.92 bits per heavy atom. The molecule has 3 heterocycles. The zero-order valence-corrected chi connectivity index (χ0v) is 15.8. The van der Waals surface area contributed by atoms with Gasteiger partial charge in [0.05, 0.1) is 19.0 Å². The molecule has 2 fully saturated rings. The summed E-state index contributed by atoms with van der Waals surface area (Å²) in [4.78, 5) is 14.9. The molecule has 2 aromatic rings. The number of benzene rings is 1. The fourth-order valence-electron chi connectivity index (χ4n) is 3.92. The number of hydrogen-bond donors (Lipinski definition) is 1. The van der Waals surface area contributed by atoms with Gasteiger partial charge in [0.15, 0.2) is 11.4 Å². The molecule has 0 aliphatic carbocycles. The number of methoxy groups -OCH3 is 1. The van der Waals surface area contributed by atoms with Crippen LogP contribution in [0.3, 0.4) is 0 Å². The molecule has 1 aromatic carbocycles. The van der Waals surface area contributed by atoms with Crippen molar-refractivity contribution < 1.29 is 9.53 Å². The van der Waals surface area contributed by atoms with Crippen molar-refractivity contribution in [2.45, 2.75) is 19.3 Å². The van der Waals surface area contributed by atoms with Crippen LogP contribution in [0.5, 0.6) is 5.75 Å². The van der Waals surface area contributed by atoms with Crippen molar-refractivity contribution in [3.05, 3.63) is 42.2 Å². The van der Waals surface area contributed by atoms with E-state index >= 15 is 0 Å². The average molecular weight is 377 g/mol. The fraction of sp³-hybridized carbons (Fsp3) is 0.474. The predicted octanol–water partition coefficient (Wildman–Crippen LogP) is 2.52. The Balaban J connectivity index is 0.00000196. The molecule has 2 saturated heterocycles. The molecule has 4 rings (SSSR count). The van der Waals surface area contributed by atoms with Crippen LogP contribution < -0.4 is 10.1 Å². The van der Waals surface area contributed by atoms with Crippen LogP contribution in [0.1, 0.15) is 29.8 Å². The zero-order valence-electron chi connectivity index (χ0n) is 15.0. The minimum atomic E-state index is -0.0349. The highest BCUT2D eigenvalue weighted by Crippen LogP contribution is 2.37. The SMILES string of the molecule is COc1cn(-c2ccccc2)nc1C(=O)N1CCC2(CCNC2)CC1.Cl. The predicted molar refractivity (Wildman–Crippen MR) is 102 cm³/mol. The minimum absolute atomic E-state index is 0. The maximum absolute atomic E-state index is 13.0. The van der Waals surface area contributed by atoms with Gasteiger partial charge in [-0.2, -0.15) is 5.10 Å². The first-order chi connectivity index (χ1) is 12.2. The molecule has 2 aliphatic rings. The van der Waals surface area contributed by atoms with E-state index < -0.39 is 0 Å². The number of rotatable bonds is 3. The smallest absolute Gasteiger partial charge is 0.278 e. The highest BCUT2D eigenvalue weighted by Gasteiger charge is 2.39. The summed E-state index contributed by atoms with van der Waals surface area (Å²) < 4.78 is 7.12. The Labute approximate surface area is 159 Å². The van der Waals surface area contributed by atoms with Crippen LogP contribution in [0.4, 0.5) is 0 Å². The van der Waals surface area contributed by atoms with Crippen LogP contribution in [-0.2, 0) is 0 Å². The topological polar surface area (TPSA) is 59.4 Å². The van der Waals surface area contributed by atoms with Gasteiger partial charge in [0.25, 0.3) is 5.91 Å². The molecule has 0 radical (unpaired) electrons. The van der Waals surface area contributed by atoms with Crippen molar-refractivity contribution in [3.8, 4) is 11.4 Å². The lowest BCUT2D eigenvalue weighted by molar-refractivity contribution is 0.0598. The van der Waals surface area contributed by atoms with E-state index in [4.69, 9.17) is 4.74 Å². The second-order valence-electron chi connectivity index (χ2n) is 7.05. The summed E-state index contributed by atoms with van der Waals surface area (Å²) >= 11 is 0. The molecule has 1 N–H and O–H groups in total. The summed E-state index contributed by atoms with van der Waals surface area (Å²) in [5.41, 5.74) is 1.70. The van der Waals surface area contributed by atoms with Gasteiger partial charge in [-0.05, 0) is 43.4 Å². The molecule has 7 heteroatoms. The van der Waals surface area contributed by atoms with Gasteiger partial charge in [0, 0.05) is 19.6 Å². The van der Waals surface area contributed by atoms with Crippen molar-refractivity contribution >= 4 is 18.3 Å². The van der Waals surface area contributed by atoms with Gasteiger partial charge in [0.2, 0.25) is 0 Å². The van der Waals surface area contributed by atoms with E-state index in [9.17, 15) is 4.79 Å². The number of amides is 1. The van der Waals surface area contributed by atoms with Crippen molar-refractivity contribution in [2.75, 3.05) is 33.3 Å². The van der Waals surface area contributed by atoms with Crippen LogP contribution in [0.25, 0.3) is 5.69 Å². The Kier molecular flexibility index (Phi) is 5.53. The standard InChI is InChI=1S/C19H24N4O2.ClH/c1-25-16-13-23(15-5-3-2-4-6-15)21-17(16)18(24)22-11-8-19(9-12-22)7-10-20-14-19;/h2-6,13,20H,7-12,14H2,1H3;1H. The molecule has 2 aliphatic heterocycles. The lowest BCUT2D eigenvalue weighted by Gasteiger charge is -2.38. The quantitative estimate of drug-likeness (QED) is 0.894. The summed E-state index contributed by atoms with van der Waals surface area (Å²) in [5, 5.41) is 7.96. The first kappa shape index (κ1) is 18.7. The molecule has 1 spiro atoms. The minimum Gasteiger partial charge on any atom is -0.493 e. The Hall–Kier alpha value is -2.05. The summed E-state index contributed by atoms with van der Waals surface area (Å²) in [6.45, 7) is 3.77. The van der Waals surface area contributed by atoms with E-state index in [1.165, 1.54) is 6.42 Å². The van der Waals surface area contributed by atoms with E-state index in [1.54, 1.807) is 18.0 Å². The highest BCUT2D eigenvalue weighted by molar-refractivity contribution is 5.95. The van der Waals surface area contributed by atoms with Gasteiger partial charge in [-0.1, -0.05) is 18.2 Å².